The smallest absolute Gasteiger partial charge is 0.352 e. The van der Waals surface area contributed by atoms with Crippen LogP contribution in [0.25, 0.3) is 0 Å². The molecule has 0 aliphatic carbocycles. The summed E-state index contributed by atoms with van der Waals surface area (Å²) < 4.78 is 4.98. The van der Waals surface area contributed by atoms with Crippen LogP contribution in [0.3, 0.4) is 0 Å². The van der Waals surface area contributed by atoms with Gasteiger partial charge in [0.15, 0.2) is 6.04 Å². The Morgan fingerprint density at radius 2 is 2.05 bits per heavy atom. The Morgan fingerprint density at radius 3 is 2.60 bits per heavy atom. The second-order valence-corrected chi connectivity index (χ2v) is 4.50. The summed E-state index contributed by atoms with van der Waals surface area (Å²) in [4.78, 5) is 23.0. The summed E-state index contributed by atoms with van der Waals surface area (Å²) in [5.41, 5.74) is 1.71. The highest BCUT2D eigenvalue weighted by Crippen LogP contribution is 2.25. The predicted molar refractivity (Wildman–Crippen MR) is 73.8 cm³/mol. The summed E-state index contributed by atoms with van der Waals surface area (Å²) in [6.45, 7) is 3.91. The van der Waals surface area contributed by atoms with Crippen molar-refractivity contribution in [1.82, 2.24) is 0 Å². The maximum Gasteiger partial charge on any atom is 0.352 e. The molecule has 1 atom stereocenters. The average molecular weight is 276 g/mol. The lowest BCUT2D eigenvalue weighted by molar-refractivity contribution is -0.144. The van der Waals surface area contributed by atoms with Crippen LogP contribution in [0.15, 0.2) is 29.4 Å². The first-order valence-corrected chi connectivity index (χ1v) is 6.36. The molecule has 1 aromatic rings. The van der Waals surface area contributed by atoms with Gasteiger partial charge in [-0.25, -0.2) is 9.59 Å². The number of ether oxygens (including phenoxy) is 1. The number of hydrazone groups is 1. The highest BCUT2D eigenvalue weighted by molar-refractivity contribution is 6.37. The summed E-state index contributed by atoms with van der Waals surface area (Å²) in [6, 6.07) is 6.65. The van der Waals surface area contributed by atoms with Crippen LogP contribution in [-0.2, 0) is 14.3 Å². The third kappa shape index (κ3) is 2.79. The molecule has 0 aromatic heterocycles. The Balaban J connectivity index is 2.31. The van der Waals surface area contributed by atoms with E-state index in [4.69, 9.17) is 9.84 Å². The van der Waals surface area contributed by atoms with Crippen molar-refractivity contribution >= 4 is 23.3 Å². The molecular formula is C14H16N2O4. The van der Waals surface area contributed by atoms with Gasteiger partial charge in [0.2, 0.25) is 0 Å². The number of carboxylic acid groups (broad SMARTS) is 1. The van der Waals surface area contributed by atoms with E-state index in [9.17, 15) is 9.59 Å². The van der Waals surface area contributed by atoms with E-state index in [1.807, 2.05) is 19.1 Å². The van der Waals surface area contributed by atoms with Crippen molar-refractivity contribution in [2.24, 2.45) is 5.10 Å². The van der Waals surface area contributed by atoms with Gasteiger partial charge in [-0.3, -0.25) is 5.01 Å². The van der Waals surface area contributed by atoms with E-state index >= 15 is 0 Å². The van der Waals surface area contributed by atoms with Crippen LogP contribution in [0.4, 0.5) is 5.69 Å². The first-order valence-electron chi connectivity index (χ1n) is 6.36. The molecule has 1 aliphatic heterocycles. The average Bonchev–Trinajstić information content (AvgIpc) is 2.85. The molecule has 1 aromatic carbocycles. The second-order valence-electron chi connectivity index (χ2n) is 4.50. The van der Waals surface area contributed by atoms with Crippen molar-refractivity contribution in [1.29, 1.82) is 0 Å². The number of anilines is 1. The SMILES string of the molecule is CCOC(=O)[C@@H]1CC(C(=O)O)=NN1c1ccc(C)cc1. The fourth-order valence-electron chi connectivity index (χ4n) is 2.00. The second kappa shape index (κ2) is 5.73. The van der Waals surface area contributed by atoms with E-state index < -0.39 is 18.0 Å². The first kappa shape index (κ1) is 14.0. The fourth-order valence-corrected chi connectivity index (χ4v) is 2.00. The minimum atomic E-state index is -1.12. The Bertz CT molecular complexity index is 551. The Morgan fingerprint density at radius 1 is 1.40 bits per heavy atom. The number of benzene rings is 1. The Kier molecular flexibility index (Phi) is 4.02. The number of rotatable bonds is 4. The van der Waals surface area contributed by atoms with Crippen molar-refractivity contribution in [3.63, 3.8) is 0 Å². The summed E-state index contributed by atoms with van der Waals surface area (Å²) >= 11 is 0. The lowest BCUT2D eigenvalue weighted by atomic mass is 10.1. The number of aliphatic carboxylic acids is 1. The van der Waals surface area contributed by atoms with Gasteiger partial charge in [0.25, 0.3) is 0 Å². The van der Waals surface area contributed by atoms with Crippen molar-refractivity contribution in [3.05, 3.63) is 29.8 Å². The fraction of sp³-hybridized carbons (Fsp3) is 0.357. The van der Waals surface area contributed by atoms with E-state index in [-0.39, 0.29) is 18.7 Å². The van der Waals surface area contributed by atoms with E-state index in [0.717, 1.165) is 5.56 Å². The topological polar surface area (TPSA) is 79.2 Å². The van der Waals surface area contributed by atoms with Crippen molar-refractivity contribution in [2.75, 3.05) is 11.6 Å². The lowest BCUT2D eigenvalue weighted by Crippen LogP contribution is -2.36. The molecule has 20 heavy (non-hydrogen) atoms. The van der Waals surface area contributed by atoms with E-state index in [1.165, 1.54) is 5.01 Å². The van der Waals surface area contributed by atoms with Crippen LogP contribution >= 0.6 is 0 Å². The molecule has 0 bridgehead atoms. The minimum absolute atomic E-state index is 0.0383. The zero-order valence-corrected chi connectivity index (χ0v) is 11.4. The monoisotopic (exact) mass is 276 g/mol. The maximum atomic E-state index is 11.9. The van der Waals surface area contributed by atoms with Gasteiger partial charge < -0.3 is 9.84 Å². The number of esters is 1. The molecular weight excluding hydrogens is 260 g/mol. The maximum absolute atomic E-state index is 11.9. The van der Waals surface area contributed by atoms with Crippen molar-refractivity contribution in [2.45, 2.75) is 26.3 Å². The number of carbonyl (C=O) groups excluding carboxylic acids is 1. The van der Waals surface area contributed by atoms with Crippen molar-refractivity contribution in [3.8, 4) is 0 Å². The van der Waals surface area contributed by atoms with E-state index in [0.29, 0.717) is 5.69 Å². The molecule has 0 saturated heterocycles. The third-order valence-electron chi connectivity index (χ3n) is 3.01. The zero-order valence-electron chi connectivity index (χ0n) is 11.4. The van der Waals surface area contributed by atoms with Crippen LogP contribution in [-0.4, -0.2) is 35.4 Å². The summed E-state index contributed by atoms with van der Waals surface area (Å²) in [5, 5.41) is 14.5. The van der Waals surface area contributed by atoms with Crippen LogP contribution in [0, 0.1) is 6.92 Å². The quantitative estimate of drug-likeness (QED) is 0.844. The third-order valence-corrected chi connectivity index (χ3v) is 3.01. The normalized spacial score (nSPS) is 17.8. The summed E-state index contributed by atoms with van der Waals surface area (Å²) in [7, 11) is 0. The molecule has 1 heterocycles. The van der Waals surface area contributed by atoms with Crippen LogP contribution < -0.4 is 5.01 Å². The first-order chi connectivity index (χ1) is 9.52. The summed E-state index contributed by atoms with van der Waals surface area (Å²) in [5.74, 6) is -1.58. The van der Waals surface area contributed by atoms with E-state index in [1.54, 1.807) is 19.1 Å². The molecule has 0 unspecified atom stereocenters. The molecule has 106 valence electrons. The van der Waals surface area contributed by atoms with Gasteiger partial charge in [0.05, 0.1) is 12.3 Å². The zero-order chi connectivity index (χ0) is 14.7. The highest BCUT2D eigenvalue weighted by atomic mass is 16.5. The number of aryl methyl sites for hydroxylation is 1. The minimum Gasteiger partial charge on any atom is -0.477 e. The number of nitrogens with zero attached hydrogens (tertiary/aromatic N) is 2. The van der Waals surface area contributed by atoms with Gasteiger partial charge >= 0.3 is 11.9 Å². The lowest BCUT2D eigenvalue weighted by Gasteiger charge is -2.21. The molecule has 0 radical (unpaired) electrons. The van der Waals surface area contributed by atoms with Gasteiger partial charge in [-0.05, 0) is 26.0 Å². The molecule has 0 saturated carbocycles. The molecule has 1 aliphatic rings. The molecule has 6 heteroatoms. The highest BCUT2D eigenvalue weighted by Gasteiger charge is 2.37. The van der Waals surface area contributed by atoms with E-state index in [2.05, 4.69) is 5.10 Å². The van der Waals surface area contributed by atoms with Gasteiger partial charge in [0.1, 0.15) is 5.71 Å². The van der Waals surface area contributed by atoms with Crippen LogP contribution in [0.5, 0.6) is 0 Å². The van der Waals surface area contributed by atoms with Gasteiger partial charge in [0, 0.05) is 6.42 Å². The number of hydrogen-bond donors (Lipinski definition) is 1. The molecule has 0 spiro atoms. The number of carbonyl (C=O) groups is 2. The number of carboxylic acids is 1. The molecule has 1 N–H and O–H groups in total. The Hall–Kier alpha value is -2.37. The van der Waals surface area contributed by atoms with Crippen LogP contribution in [0.1, 0.15) is 18.9 Å². The van der Waals surface area contributed by atoms with Gasteiger partial charge in [-0.2, -0.15) is 5.10 Å². The molecule has 0 fully saturated rings. The molecule has 6 nitrogen and oxygen atoms in total. The largest absolute Gasteiger partial charge is 0.477 e. The standard InChI is InChI=1S/C14H16N2O4/c1-3-20-14(19)12-8-11(13(17)18)15-16(12)10-6-4-9(2)5-7-10/h4-7,12H,3,8H2,1-2H3,(H,17,18)/t12-/m0/s1. The van der Waals surface area contributed by atoms with Crippen molar-refractivity contribution < 1.29 is 19.4 Å². The predicted octanol–water partition coefficient (Wildman–Crippen LogP) is 1.58. The number of hydrogen-bond acceptors (Lipinski definition) is 5. The van der Waals surface area contributed by atoms with Gasteiger partial charge in [-0.1, -0.05) is 17.7 Å². The summed E-state index contributed by atoms with van der Waals surface area (Å²) in [6.07, 6.45) is 0.0437. The van der Waals surface area contributed by atoms with Gasteiger partial charge in [-0.15, -0.1) is 0 Å². The molecule has 2 rings (SSSR count). The van der Waals surface area contributed by atoms with Crippen LogP contribution in [0.2, 0.25) is 0 Å². The Labute approximate surface area is 116 Å². The molecule has 0 amide bonds.